The fourth-order valence-corrected chi connectivity index (χ4v) is 2.32. The van der Waals surface area contributed by atoms with Gasteiger partial charge in [-0.1, -0.05) is 11.6 Å². The smallest absolute Gasteiger partial charge is 0.0847 e. The van der Waals surface area contributed by atoms with Crippen molar-refractivity contribution >= 4 is 28.9 Å². The molecule has 2 aromatic rings. The molecule has 1 aromatic carbocycles. The third-order valence-corrected chi connectivity index (χ3v) is 3.56. The Bertz CT molecular complexity index is 598. The standard InChI is InChI=1S/C14H17Cl2N3O/c1-9-5-10(2)19(18-9)14-4-3-11(6-13(14)16)17-8-12(20)7-15/h3-6,12,17,20H,7-8H2,1-2H3. The van der Waals surface area contributed by atoms with E-state index in [1.54, 1.807) is 0 Å². The monoisotopic (exact) mass is 313 g/mol. The number of nitrogens with one attached hydrogen (secondary N) is 1. The molecule has 20 heavy (non-hydrogen) atoms. The van der Waals surface area contributed by atoms with E-state index in [1.807, 2.05) is 42.8 Å². The first kappa shape index (κ1) is 15.2. The van der Waals surface area contributed by atoms with E-state index in [0.29, 0.717) is 11.6 Å². The number of hydrogen-bond donors (Lipinski definition) is 2. The molecular formula is C14H17Cl2N3O. The van der Waals surface area contributed by atoms with E-state index in [1.165, 1.54) is 0 Å². The number of aliphatic hydroxyl groups excluding tert-OH is 1. The summed E-state index contributed by atoms with van der Waals surface area (Å²) in [5.41, 5.74) is 3.65. The Hall–Kier alpha value is -1.23. The van der Waals surface area contributed by atoms with Gasteiger partial charge in [0.1, 0.15) is 0 Å². The average molecular weight is 314 g/mol. The average Bonchev–Trinajstić information content (AvgIpc) is 2.75. The van der Waals surface area contributed by atoms with Gasteiger partial charge in [-0.3, -0.25) is 0 Å². The first-order valence-electron chi connectivity index (χ1n) is 6.32. The zero-order valence-corrected chi connectivity index (χ0v) is 12.9. The predicted octanol–water partition coefficient (Wildman–Crippen LogP) is 3.15. The zero-order valence-electron chi connectivity index (χ0n) is 11.4. The Kier molecular flexibility index (Phi) is 4.91. The molecule has 0 spiro atoms. The summed E-state index contributed by atoms with van der Waals surface area (Å²) >= 11 is 11.9. The highest BCUT2D eigenvalue weighted by Crippen LogP contribution is 2.25. The number of nitrogens with zero attached hydrogens (tertiary/aromatic N) is 2. The van der Waals surface area contributed by atoms with E-state index >= 15 is 0 Å². The highest BCUT2D eigenvalue weighted by molar-refractivity contribution is 6.32. The molecular weight excluding hydrogens is 297 g/mol. The Morgan fingerprint density at radius 2 is 2.10 bits per heavy atom. The largest absolute Gasteiger partial charge is 0.390 e. The Labute approximate surface area is 128 Å². The molecule has 1 unspecified atom stereocenters. The van der Waals surface area contributed by atoms with Crippen LogP contribution in [0.15, 0.2) is 24.3 Å². The van der Waals surface area contributed by atoms with Crippen LogP contribution in [-0.2, 0) is 0 Å². The molecule has 4 nitrogen and oxygen atoms in total. The lowest BCUT2D eigenvalue weighted by Gasteiger charge is -2.12. The van der Waals surface area contributed by atoms with E-state index < -0.39 is 6.10 Å². The number of benzene rings is 1. The van der Waals surface area contributed by atoms with Gasteiger partial charge < -0.3 is 10.4 Å². The lowest BCUT2D eigenvalue weighted by atomic mass is 10.2. The topological polar surface area (TPSA) is 50.1 Å². The third-order valence-electron chi connectivity index (χ3n) is 2.91. The molecule has 108 valence electrons. The van der Waals surface area contributed by atoms with Crippen LogP contribution >= 0.6 is 23.2 Å². The molecule has 1 aromatic heterocycles. The Morgan fingerprint density at radius 3 is 2.65 bits per heavy atom. The lowest BCUT2D eigenvalue weighted by molar-refractivity contribution is 0.211. The molecule has 1 heterocycles. The van der Waals surface area contributed by atoms with E-state index in [2.05, 4.69) is 10.4 Å². The molecule has 0 amide bonds. The van der Waals surface area contributed by atoms with Gasteiger partial charge in [0.05, 0.1) is 28.4 Å². The van der Waals surface area contributed by atoms with Crippen LogP contribution in [0.5, 0.6) is 0 Å². The summed E-state index contributed by atoms with van der Waals surface area (Å²) in [4.78, 5) is 0. The van der Waals surface area contributed by atoms with E-state index in [9.17, 15) is 5.11 Å². The van der Waals surface area contributed by atoms with Crippen molar-refractivity contribution in [3.63, 3.8) is 0 Å². The zero-order chi connectivity index (χ0) is 14.7. The second-order valence-corrected chi connectivity index (χ2v) is 5.41. The summed E-state index contributed by atoms with van der Waals surface area (Å²) in [6.07, 6.45) is -0.578. The number of aromatic nitrogens is 2. The van der Waals surface area contributed by atoms with Crippen molar-refractivity contribution in [2.24, 2.45) is 0 Å². The number of alkyl halides is 1. The Morgan fingerprint density at radius 1 is 1.35 bits per heavy atom. The minimum absolute atomic E-state index is 0.199. The normalized spacial score (nSPS) is 12.4. The fourth-order valence-electron chi connectivity index (χ4n) is 1.95. The highest BCUT2D eigenvalue weighted by Gasteiger charge is 2.09. The van der Waals surface area contributed by atoms with Crippen LogP contribution in [0.4, 0.5) is 5.69 Å². The summed E-state index contributed by atoms with van der Waals surface area (Å²) in [5.74, 6) is 0.199. The minimum Gasteiger partial charge on any atom is -0.390 e. The summed E-state index contributed by atoms with van der Waals surface area (Å²) < 4.78 is 1.81. The van der Waals surface area contributed by atoms with Crippen LogP contribution in [0.2, 0.25) is 5.02 Å². The number of halogens is 2. The van der Waals surface area contributed by atoms with Crippen molar-refractivity contribution in [1.82, 2.24) is 9.78 Å². The minimum atomic E-state index is -0.578. The van der Waals surface area contributed by atoms with Crippen molar-refractivity contribution in [1.29, 1.82) is 0 Å². The van der Waals surface area contributed by atoms with Gasteiger partial charge in [-0.25, -0.2) is 4.68 Å². The van der Waals surface area contributed by atoms with E-state index in [-0.39, 0.29) is 5.88 Å². The van der Waals surface area contributed by atoms with Crippen LogP contribution in [0.25, 0.3) is 5.69 Å². The van der Waals surface area contributed by atoms with Gasteiger partial charge >= 0.3 is 0 Å². The van der Waals surface area contributed by atoms with Crippen LogP contribution < -0.4 is 5.32 Å². The number of hydrogen-bond acceptors (Lipinski definition) is 3. The van der Waals surface area contributed by atoms with Crippen LogP contribution in [0, 0.1) is 13.8 Å². The van der Waals surface area contributed by atoms with E-state index in [0.717, 1.165) is 22.8 Å². The van der Waals surface area contributed by atoms with Gasteiger partial charge in [0, 0.05) is 17.9 Å². The van der Waals surface area contributed by atoms with Gasteiger partial charge in [-0.2, -0.15) is 5.10 Å². The molecule has 0 aliphatic heterocycles. The lowest BCUT2D eigenvalue weighted by Crippen LogP contribution is -2.20. The molecule has 0 saturated carbocycles. The van der Waals surface area contributed by atoms with Gasteiger partial charge in [-0.05, 0) is 38.1 Å². The van der Waals surface area contributed by atoms with E-state index in [4.69, 9.17) is 23.2 Å². The SMILES string of the molecule is Cc1cc(C)n(-c2ccc(NCC(O)CCl)cc2Cl)n1. The molecule has 0 bridgehead atoms. The van der Waals surface area contributed by atoms with Gasteiger partial charge in [0.2, 0.25) is 0 Å². The van der Waals surface area contributed by atoms with Crippen molar-refractivity contribution in [3.05, 3.63) is 40.7 Å². The van der Waals surface area contributed by atoms with Crippen molar-refractivity contribution in [2.45, 2.75) is 20.0 Å². The summed E-state index contributed by atoms with van der Waals surface area (Å²) in [6, 6.07) is 7.61. The molecule has 0 aliphatic carbocycles. The summed E-state index contributed by atoms with van der Waals surface area (Å²) in [6.45, 7) is 4.32. The molecule has 1 atom stereocenters. The highest BCUT2D eigenvalue weighted by atomic mass is 35.5. The molecule has 0 aliphatic rings. The maximum absolute atomic E-state index is 9.42. The van der Waals surface area contributed by atoms with Crippen molar-refractivity contribution < 1.29 is 5.11 Å². The first-order valence-corrected chi connectivity index (χ1v) is 7.23. The summed E-state index contributed by atoms with van der Waals surface area (Å²) in [7, 11) is 0. The van der Waals surface area contributed by atoms with Crippen molar-refractivity contribution in [2.75, 3.05) is 17.7 Å². The molecule has 6 heteroatoms. The van der Waals surface area contributed by atoms with Gasteiger partial charge in [0.15, 0.2) is 0 Å². The maximum atomic E-state index is 9.42. The second-order valence-electron chi connectivity index (χ2n) is 4.69. The first-order chi connectivity index (χ1) is 9.51. The van der Waals surface area contributed by atoms with Crippen LogP contribution in [-0.4, -0.2) is 33.4 Å². The molecule has 2 N–H and O–H groups in total. The van der Waals surface area contributed by atoms with Crippen LogP contribution in [0.1, 0.15) is 11.4 Å². The number of aliphatic hydroxyl groups is 1. The van der Waals surface area contributed by atoms with Crippen LogP contribution in [0.3, 0.4) is 0 Å². The molecule has 0 radical (unpaired) electrons. The predicted molar refractivity (Wildman–Crippen MR) is 83.3 cm³/mol. The van der Waals surface area contributed by atoms with Crippen molar-refractivity contribution in [3.8, 4) is 5.69 Å². The van der Waals surface area contributed by atoms with Gasteiger partial charge in [0.25, 0.3) is 0 Å². The summed E-state index contributed by atoms with van der Waals surface area (Å²) in [5, 5.41) is 17.5. The Balaban J connectivity index is 2.20. The molecule has 0 fully saturated rings. The number of rotatable bonds is 5. The molecule has 2 rings (SSSR count). The van der Waals surface area contributed by atoms with Gasteiger partial charge in [-0.15, -0.1) is 11.6 Å². The number of anilines is 1. The second kappa shape index (κ2) is 6.48. The fraction of sp³-hybridized carbons (Fsp3) is 0.357. The molecule has 0 saturated heterocycles. The quantitative estimate of drug-likeness (QED) is 0.834. The third kappa shape index (κ3) is 3.45. The maximum Gasteiger partial charge on any atom is 0.0847 e. The number of aryl methyl sites for hydroxylation is 2.